The molecule has 0 saturated carbocycles. The molecule has 23 heavy (non-hydrogen) atoms. The van der Waals surface area contributed by atoms with E-state index in [0.717, 1.165) is 29.8 Å². The van der Waals surface area contributed by atoms with Gasteiger partial charge in [-0.1, -0.05) is 24.3 Å². The largest absolute Gasteiger partial charge is 0.338 e. The minimum absolute atomic E-state index is 0.165. The first-order valence-electron chi connectivity index (χ1n) is 8.26. The summed E-state index contributed by atoms with van der Waals surface area (Å²) in [7, 11) is 3.87. The van der Waals surface area contributed by atoms with Crippen LogP contribution in [0, 0.1) is 13.8 Å². The number of nitrogens with zero attached hydrogens (tertiary/aromatic N) is 3. The predicted octanol–water partition coefficient (Wildman–Crippen LogP) is 3.29. The Hall–Kier alpha value is -2.10. The van der Waals surface area contributed by atoms with Gasteiger partial charge in [0.25, 0.3) is 0 Å². The maximum absolute atomic E-state index is 13.0. The van der Waals surface area contributed by atoms with Gasteiger partial charge in [-0.3, -0.25) is 9.48 Å². The van der Waals surface area contributed by atoms with Crippen LogP contribution in [0.4, 0.5) is 0 Å². The topological polar surface area (TPSA) is 38.1 Å². The van der Waals surface area contributed by atoms with E-state index in [9.17, 15) is 4.79 Å². The third-order valence-corrected chi connectivity index (χ3v) is 5.28. The first-order valence-corrected chi connectivity index (χ1v) is 8.26. The minimum atomic E-state index is -0.165. The van der Waals surface area contributed by atoms with Crippen molar-refractivity contribution in [1.29, 1.82) is 0 Å². The lowest BCUT2D eigenvalue weighted by molar-refractivity contribution is -0.133. The molecule has 122 valence electrons. The van der Waals surface area contributed by atoms with Gasteiger partial charge in [-0.25, -0.2) is 0 Å². The molecular weight excluding hydrogens is 286 g/mol. The van der Waals surface area contributed by atoms with Gasteiger partial charge in [0.15, 0.2) is 0 Å². The maximum Gasteiger partial charge on any atom is 0.230 e. The second-order valence-corrected chi connectivity index (χ2v) is 6.63. The van der Waals surface area contributed by atoms with Crippen LogP contribution in [0.15, 0.2) is 24.3 Å². The summed E-state index contributed by atoms with van der Waals surface area (Å²) in [6.07, 6.45) is 2.07. The van der Waals surface area contributed by atoms with Crippen molar-refractivity contribution >= 4 is 5.91 Å². The molecule has 0 aliphatic heterocycles. The van der Waals surface area contributed by atoms with Crippen LogP contribution in [0.3, 0.4) is 0 Å². The van der Waals surface area contributed by atoms with Gasteiger partial charge in [0, 0.05) is 25.4 Å². The van der Waals surface area contributed by atoms with E-state index in [1.807, 2.05) is 44.4 Å². The van der Waals surface area contributed by atoms with Gasteiger partial charge in [-0.2, -0.15) is 5.10 Å². The van der Waals surface area contributed by atoms with E-state index in [-0.39, 0.29) is 17.9 Å². The van der Waals surface area contributed by atoms with Crippen molar-refractivity contribution in [3.8, 4) is 0 Å². The molecule has 0 radical (unpaired) electrons. The normalized spacial score (nSPS) is 17.9. The summed E-state index contributed by atoms with van der Waals surface area (Å²) in [5, 5.41) is 4.45. The number of benzene rings is 1. The van der Waals surface area contributed by atoms with E-state index >= 15 is 0 Å². The zero-order chi connectivity index (χ0) is 16.7. The van der Waals surface area contributed by atoms with Gasteiger partial charge in [0.05, 0.1) is 17.7 Å². The van der Waals surface area contributed by atoms with Gasteiger partial charge in [-0.05, 0) is 44.7 Å². The summed E-state index contributed by atoms with van der Waals surface area (Å²) in [6, 6.07) is 8.66. The van der Waals surface area contributed by atoms with Crippen molar-refractivity contribution in [1.82, 2.24) is 14.7 Å². The highest BCUT2D eigenvalue weighted by molar-refractivity contribution is 5.84. The number of amides is 1. The summed E-state index contributed by atoms with van der Waals surface area (Å²) in [5.41, 5.74) is 5.76. The quantitative estimate of drug-likeness (QED) is 0.872. The van der Waals surface area contributed by atoms with Crippen LogP contribution in [0.25, 0.3) is 0 Å². The van der Waals surface area contributed by atoms with E-state index in [1.54, 1.807) is 0 Å². The monoisotopic (exact) mass is 311 g/mol. The number of aryl methyl sites for hydroxylation is 3. The molecule has 0 spiro atoms. The number of hydrogen-bond donors (Lipinski definition) is 0. The Bertz CT molecular complexity index is 747. The Morgan fingerprint density at radius 1 is 1.35 bits per heavy atom. The lowest BCUT2D eigenvalue weighted by atomic mass is 9.96. The van der Waals surface area contributed by atoms with Crippen molar-refractivity contribution < 1.29 is 4.79 Å². The molecule has 0 unspecified atom stereocenters. The van der Waals surface area contributed by atoms with E-state index in [0.29, 0.717) is 0 Å². The second-order valence-electron chi connectivity index (χ2n) is 6.63. The Labute approximate surface area is 138 Å². The Kier molecular flexibility index (Phi) is 4.00. The minimum Gasteiger partial charge on any atom is -0.338 e. The summed E-state index contributed by atoms with van der Waals surface area (Å²) < 4.78 is 1.86. The van der Waals surface area contributed by atoms with Crippen molar-refractivity contribution in [3.63, 3.8) is 0 Å². The number of likely N-dealkylation sites (N-methyl/N-ethyl adjacent to an activating group) is 1. The first kappa shape index (κ1) is 15.8. The second kappa shape index (κ2) is 5.84. The van der Waals surface area contributed by atoms with Gasteiger partial charge in [0.1, 0.15) is 0 Å². The Balaban J connectivity index is 1.86. The van der Waals surface area contributed by atoms with Gasteiger partial charge in [-0.15, -0.1) is 0 Å². The van der Waals surface area contributed by atoms with E-state index < -0.39 is 0 Å². The lowest BCUT2D eigenvalue weighted by Gasteiger charge is -2.28. The van der Waals surface area contributed by atoms with Crippen LogP contribution in [0.2, 0.25) is 0 Å². The number of fused-ring (bicyclic) bond motifs is 1. The third-order valence-electron chi connectivity index (χ3n) is 5.28. The first-order chi connectivity index (χ1) is 10.9. The number of hydrogen-bond acceptors (Lipinski definition) is 2. The molecule has 1 aromatic carbocycles. The standard InChI is InChI=1S/C19H25N3O/c1-12(18-13(2)20-22(5)14(18)3)19(23)21(4)17-11-10-15-8-6-7-9-16(15)17/h6-9,12,17H,10-11H2,1-5H3/t12-,17-/m1/s1. The molecule has 0 saturated heterocycles. The van der Waals surface area contributed by atoms with Crippen LogP contribution < -0.4 is 0 Å². The average Bonchev–Trinajstić information content (AvgIpc) is 3.07. The predicted molar refractivity (Wildman–Crippen MR) is 91.4 cm³/mol. The molecule has 2 aromatic rings. The van der Waals surface area contributed by atoms with E-state index in [4.69, 9.17) is 0 Å². The molecule has 3 rings (SSSR count). The summed E-state index contributed by atoms with van der Waals surface area (Å²) in [5.74, 6) is 0.00682. The number of aromatic nitrogens is 2. The maximum atomic E-state index is 13.0. The molecule has 1 aliphatic rings. The zero-order valence-electron chi connectivity index (χ0n) is 14.6. The van der Waals surface area contributed by atoms with Crippen LogP contribution in [-0.4, -0.2) is 27.6 Å². The van der Waals surface area contributed by atoms with Crippen LogP contribution in [0.5, 0.6) is 0 Å². The molecule has 1 heterocycles. The molecule has 1 amide bonds. The number of carbonyl (C=O) groups is 1. The molecular formula is C19H25N3O. The molecule has 0 fully saturated rings. The van der Waals surface area contributed by atoms with Crippen molar-refractivity contribution in [2.45, 2.75) is 45.6 Å². The molecule has 2 atom stereocenters. The van der Waals surface area contributed by atoms with Gasteiger partial charge < -0.3 is 4.90 Å². The number of carbonyl (C=O) groups excluding carboxylic acids is 1. The average molecular weight is 311 g/mol. The molecule has 1 aliphatic carbocycles. The van der Waals surface area contributed by atoms with Crippen molar-refractivity contribution in [2.75, 3.05) is 7.05 Å². The molecule has 0 bridgehead atoms. The fraction of sp³-hybridized carbons (Fsp3) is 0.474. The van der Waals surface area contributed by atoms with E-state index in [2.05, 4.69) is 29.4 Å². The van der Waals surface area contributed by atoms with E-state index in [1.165, 1.54) is 11.1 Å². The third kappa shape index (κ3) is 2.56. The highest BCUT2D eigenvalue weighted by Crippen LogP contribution is 2.36. The summed E-state index contributed by atoms with van der Waals surface area (Å²) in [4.78, 5) is 15.0. The Morgan fingerprint density at radius 2 is 2.04 bits per heavy atom. The molecule has 1 aromatic heterocycles. The van der Waals surface area contributed by atoms with Gasteiger partial charge in [0.2, 0.25) is 5.91 Å². The molecule has 0 N–H and O–H groups in total. The van der Waals surface area contributed by atoms with Crippen LogP contribution in [-0.2, 0) is 18.3 Å². The highest BCUT2D eigenvalue weighted by atomic mass is 16.2. The van der Waals surface area contributed by atoms with Gasteiger partial charge >= 0.3 is 0 Å². The molecule has 4 heteroatoms. The molecule has 4 nitrogen and oxygen atoms in total. The van der Waals surface area contributed by atoms with Crippen LogP contribution >= 0.6 is 0 Å². The smallest absolute Gasteiger partial charge is 0.230 e. The summed E-state index contributed by atoms with van der Waals surface area (Å²) >= 11 is 0. The summed E-state index contributed by atoms with van der Waals surface area (Å²) in [6.45, 7) is 6.01. The number of rotatable bonds is 3. The zero-order valence-corrected chi connectivity index (χ0v) is 14.6. The Morgan fingerprint density at radius 3 is 2.70 bits per heavy atom. The fourth-order valence-corrected chi connectivity index (χ4v) is 3.94. The van der Waals surface area contributed by atoms with Crippen molar-refractivity contribution in [3.05, 3.63) is 52.3 Å². The van der Waals surface area contributed by atoms with Crippen molar-refractivity contribution in [2.24, 2.45) is 7.05 Å². The SMILES string of the molecule is Cc1nn(C)c(C)c1[C@@H](C)C(=O)N(C)[C@@H]1CCc2ccccc21. The van der Waals surface area contributed by atoms with Crippen LogP contribution in [0.1, 0.15) is 53.4 Å². The lowest BCUT2D eigenvalue weighted by Crippen LogP contribution is -2.33. The fourth-order valence-electron chi connectivity index (χ4n) is 3.94. The highest BCUT2D eigenvalue weighted by Gasteiger charge is 2.32.